The van der Waals surface area contributed by atoms with Gasteiger partial charge in [0.05, 0.1) is 12.0 Å². The number of hydrogen-bond donors (Lipinski definition) is 13. The molecular weight excluding hydrogens is 1030 g/mol. The molecule has 10 amide bonds. The fourth-order valence-corrected chi connectivity index (χ4v) is 10.4. The van der Waals surface area contributed by atoms with Crippen LogP contribution in [0.3, 0.4) is 0 Å². The molecule has 80 heavy (non-hydrogen) atoms. The summed E-state index contributed by atoms with van der Waals surface area (Å²) in [6.45, 7) is 1.72. The van der Waals surface area contributed by atoms with Gasteiger partial charge in [-0.1, -0.05) is 48.5 Å². The molecule has 26 heteroatoms. The van der Waals surface area contributed by atoms with Crippen molar-refractivity contribution in [3.8, 4) is 0 Å². The number of guanidine groups is 1. The molecule has 0 aliphatic carbocycles. The molecule has 2 aromatic carbocycles. The van der Waals surface area contributed by atoms with Crippen LogP contribution in [-0.4, -0.2) is 164 Å². The van der Waals surface area contributed by atoms with Crippen molar-refractivity contribution in [2.45, 2.75) is 139 Å². The molecule has 0 bridgehead atoms. The monoisotopic (exact) mass is 1100 g/mol. The number of nitrogens with zero attached hydrogens (tertiary/aromatic N) is 3. The van der Waals surface area contributed by atoms with Crippen LogP contribution in [0.5, 0.6) is 0 Å². The second-order valence-electron chi connectivity index (χ2n) is 20.4. The first-order valence-electron chi connectivity index (χ1n) is 27.1. The summed E-state index contributed by atoms with van der Waals surface area (Å²) in [6, 6.07) is 6.03. The summed E-state index contributed by atoms with van der Waals surface area (Å²) in [5.74, 6) is -7.21. The van der Waals surface area contributed by atoms with Gasteiger partial charge >= 0.3 is 0 Å². The van der Waals surface area contributed by atoms with Gasteiger partial charge in [-0.15, -0.1) is 0 Å². The second-order valence-corrected chi connectivity index (χ2v) is 20.4. The number of fused-ring (bicyclic) bond motifs is 1. The Bertz CT molecular complexity index is 2880. The van der Waals surface area contributed by atoms with E-state index in [1.165, 1.54) is 29.2 Å². The largest absolute Gasteiger partial charge is 0.370 e. The normalized spacial score (nSPS) is 24.1. The van der Waals surface area contributed by atoms with Gasteiger partial charge in [0.1, 0.15) is 48.3 Å². The number of aromatic nitrogens is 3. The standard InChI is InChI=1S/C54H72N16O10/c1-31(71)63-38-19-20-45(72)59-21-8-16-39(52(79)70-24-10-18-44(70)53(80)69-23-9-17-43(69)46(55)73)65-50(77)41(26-33-28-61-36-14-6-5-13-35(33)36)67-47(74)37(15-7-22-60-54(56)57)64-49(76)40(25-32-11-3-2-4-12-32)66-51(78)42(68-48(38)75)27-34-29-58-30-62-34/h2-6,11-14,28-30,37-44,61H,7-10,15-27H2,1H3,(H2,55,73)(H,58,62)(H,59,72)(H,63,71)(H,64,76)(H,65,77)(H,66,78)(H,67,74)(H,68,75)(H4,56,57,60)/t37-,38-,39-,40+,41-,42-,43-,44-/m0/s1. The number of aromatic amines is 2. The topological polar surface area (TPSA) is 394 Å². The number of nitrogens with one attached hydrogen (secondary N) is 11. The molecule has 428 valence electrons. The van der Waals surface area contributed by atoms with Crippen LogP contribution in [0.4, 0.5) is 0 Å². The minimum atomic E-state index is -1.41. The Morgan fingerprint density at radius 2 is 1.31 bits per heavy atom. The first-order valence-corrected chi connectivity index (χ1v) is 27.1. The van der Waals surface area contributed by atoms with Crippen molar-refractivity contribution in [2.24, 2.45) is 11.5 Å². The lowest BCUT2D eigenvalue weighted by atomic mass is 10.0. The average molecular weight is 1110 g/mol. The number of para-hydroxylation sites is 1. The lowest BCUT2D eigenvalue weighted by Crippen LogP contribution is -2.61. The molecule has 0 spiro atoms. The third-order valence-corrected chi connectivity index (χ3v) is 14.5. The molecule has 7 rings (SSSR count). The van der Waals surface area contributed by atoms with E-state index < -0.39 is 107 Å². The number of carbonyl (C=O) groups excluding carboxylic acids is 10. The number of carbonyl (C=O) groups is 10. The third kappa shape index (κ3) is 16.1. The Morgan fingerprint density at radius 1 is 0.688 bits per heavy atom. The Balaban J connectivity index is 1.26. The van der Waals surface area contributed by atoms with Crippen LogP contribution < -0.4 is 54.0 Å². The minimum absolute atomic E-state index is 0.0165. The quantitative estimate of drug-likeness (QED) is 0.0380. The summed E-state index contributed by atoms with van der Waals surface area (Å²) in [6.07, 6.45) is 5.54. The highest BCUT2D eigenvalue weighted by Crippen LogP contribution is 2.26. The van der Waals surface area contributed by atoms with Crippen molar-refractivity contribution in [1.82, 2.24) is 67.3 Å². The van der Waals surface area contributed by atoms with Gasteiger partial charge < -0.3 is 73.8 Å². The van der Waals surface area contributed by atoms with E-state index in [1.807, 2.05) is 24.3 Å². The van der Waals surface area contributed by atoms with Gasteiger partial charge in [-0.2, -0.15) is 0 Å². The molecule has 3 aliphatic heterocycles. The zero-order chi connectivity index (χ0) is 57.3. The van der Waals surface area contributed by atoms with E-state index in [0.29, 0.717) is 36.1 Å². The van der Waals surface area contributed by atoms with E-state index in [9.17, 15) is 43.2 Å². The second kappa shape index (κ2) is 28.2. The number of amides is 10. The average Bonchev–Trinajstić information content (AvgIpc) is 4.33. The molecular formula is C54H72N16O10. The van der Waals surface area contributed by atoms with Gasteiger partial charge in [0, 0.05) is 82.1 Å². The van der Waals surface area contributed by atoms with Crippen LogP contribution in [0.2, 0.25) is 0 Å². The van der Waals surface area contributed by atoms with E-state index in [-0.39, 0.29) is 96.3 Å². The number of rotatable bonds is 14. The highest BCUT2D eigenvalue weighted by molar-refractivity contribution is 5.99. The number of benzene rings is 2. The number of H-pyrrole nitrogens is 2. The van der Waals surface area contributed by atoms with Crippen molar-refractivity contribution in [3.63, 3.8) is 0 Å². The minimum Gasteiger partial charge on any atom is -0.370 e. The Morgan fingerprint density at radius 3 is 2.00 bits per heavy atom. The summed E-state index contributed by atoms with van der Waals surface area (Å²) in [5, 5.41) is 30.4. The summed E-state index contributed by atoms with van der Waals surface area (Å²) >= 11 is 0. The van der Waals surface area contributed by atoms with Crippen molar-refractivity contribution in [1.29, 1.82) is 5.41 Å². The van der Waals surface area contributed by atoms with E-state index in [4.69, 9.17) is 16.9 Å². The van der Waals surface area contributed by atoms with Gasteiger partial charge in [0.15, 0.2) is 5.96 Å². The zero-order valence-corrected chi connectivity index (χ0v) is 44.6. The summed E-state index contributed by atoms with van der Waals surface area (Å²) in [5.41, 5.74) is 13.6. The van der Waals surface area contributed by atoms with Gasteiger partial charge in [0.2, 0.25) is 59.1 Å². The first-order chi connectivity index (χ1) is 38.4. The van der Waals surface area contributed by atoms with Crippen LogP contribution in [0.1, 0.15) is 88.0 Å². The molecule has 0 saturated carbocycles. The number of imidazole rings is 1. The molecule has 8 atom stereocenters. The van der Waals surface area contributed by atoms with Crippen molar-refractivity contribution < 1.29 is 47.9 Å². The van der Waals surface area contributed by atoms with Crippen LogP contribution in [-0.2, 0) is 67.2 Å². The van der Waals surface area contributed by atoms with Crippen molar-refractivity contribution in [2.75, 3.05) is 26.2 Å². The molecule has 5 heterocycles. The maximum Gasteiger partial charge on any atom is 0.246 e. The molecule has 0 radical (unpaired) electrons. The molecule has 3 aliphatic rings. The fraction of sp³-hybridized carbons (Fsp3) is 0.481. The number of likely N-dealkylation sites (tertiary alicyclic amines) is 2. The first kappa shape index (κ1) is 58.8. The molecule has 3 saturated heterocycles. The summed E-state index contributed by atoms with van der Waals surface area (Å²) in [4.78, 5) is 154. The van der Waals surface area contributed by atoms with Crippen LogP contribution in [0.15, 0.2) is 73.3 Å². The van der Waals surface area contributed by atoms with E-state index in [1.54, 1.807) is 36.5 Å². The predicted molar refractivity (Wildman–Crippen MR) is 291 cm³/mol. The zero-order valence-electron chi connectivity index (χ0n) is 44.6. The lowest BCUT2D eigenvalue weighted by Gasteiger charge is -2.33. The van der Waals surface area contributed by atoms with Crippen LogP contribution in [0, 0.1) is 5.41 Å². The fourth-order valence-electron chi connectivity index (χ4n) is 10.4. The van der Waals surface area contributed by atoms with Gasteiger partial charge in [-0.25, -0.2) is 4.98 Å². The van der Waals surface area contributed by atoms with Crippen LogP contribution >= 0.6 is 0 Å². The lowest BCUT2D eigenvalue weighted by molar-refractivity contribution is -0.147. The SMILES string of the molecule is CC(=O)N[C@H]1CCC(=O)NCCC[C@@H](C(=O)N2CCC[C@H]2C(=O)N2CCC[C@H]2C(N)=O)NC(=O)[C@H](Cc2c[nH]c3ccccc23)NC(=O)[C@H](CCCNC(=N)N)NC(=O)[C@@H](Cc2ccccc2)NC(=O)[C@H](Cc2c[nH]cn2)NC1=O. The highest BCUT2D eigenvalue weighted by Gasteiger charge is 2.44. The van der Waals surface area contributed by atoms with Crippen LogP contribution in [0.25, 0.3) is 10.9 Å². The Kier molecular flexibility index (Phi) is 20.7. The molecule has 2 aromatic heterocycles. The molecule has 26 nitrogen and oxygen atoms in total. The van der Waals surface area contributed by atoms with E-state index >= 15 is 4.79 Å². The maximum absolute atomic E-state index is 15.0. The van der Waals surface area contributed by atoms with Gasteiger partial charge in [-0.05, 0) is 75.0 Å². The molecule has 3 fully saturated rings. The summed E-state index contributed by atoms with van der Waals surface area (Å²) < 4.78 is 0. The summed E-state index contributed by atoms with van der Waals surface area (Å²) in [7, 11) is 0. The highest BCUT2D eigenvalue weighted by atomic mass is 16.2. The maximum atomic E-state index is 15.0. The van der Waals surface area contributed by atoms with Gasteiger partial charge in [-0.3, -0.25) is 53.4 Å². The Hall–Kier alpha value is -8.84. The predicted octanol–water partition coefficient (Wildman–Crippen LogP) is -1.73. The number of primary amides is 1. The number of hydrogen-bond acceptors (Lipinski definition) is 12. The third-order valence-electron chi connectivity index (χ3n) is 14.5. The van der Waals surface area contributed by atoms with Gasteiger partial charge in [0.25, 0.3) is 0 Å². The van der Waals surface area contributed by atoms with E-state index in [0.717, 1.165) is 10.9 Å². The van der Waals surface area contributed by atoms with Crippen molar-refractivity contribution >= 4 is 75.9 Å². The smallest absolute Gasteiger partial charge is 0.246 e. The molecule has 0 unspecified atom stereocenters. The van der Waals surface area contributed by atoms with E-state index in [2.05, 4.69) is 57.5 Å². The Labute approximate surface area is 461 Å². The van der Waals surface area contributed by atoms with Crippen molar-refractivity contribution in [3.05, 3.63) is 90.1 Å². The molecule has 15 N–H and O–H groups in total. The molecule has 4 aromatic rings. The number of nitrogens with two attached hydrogens (primary N) is 2.